The van der Waals surface area contributed by atoms with Crippen LogP contribution in [0.4, 0.5) is 0 Å². The number of piperidine rings is 1. The van der Waals surface area contributed by atoms with Gasteiger partial charge in [0, 0.05) is 13.2 Å². The molecule has 1 saturated heterocycles. The zero-order valence-corrected chi connectivity index (χ0v) is 9.83. The number of allylic oxidation sites excluding steroid dienone is 2. The highest BCUT2D eigenvalue weighted by molar-refractivity contribution is 5.50. The van der Waals surface area contributed by atoms with E-state index in [4.69, 9.17) is 4.74 Å². The molecule has 0 aromatic carbocycles. The normalized spacial score (nSPS) is 33.2. The maximum Gasteiger partial charge on any atom is 0.101 e. The second kappa shape index (κ2) is 4.19. The highest BCUT2D eigenvalue weighted by Crippen LogP contribution is 2.38. The maximum absolute atomic E-state index is 5.60. The van der Waals surface area contributed by atoms with Crippen molar-refractivity contribution in [2.24, 2.45) is 0 Å². The van der Waals surface area contributed by atoms with Crippen LogP contribution in [0.15, 0.2) is 34.9 Å². The molecule has 2 atom stereocenters. The number of rotatable bonds is 1. The molecule has 2 heteroatoms. The predicted octanol–water partition coefficient (Wildman–Crippen LogP) is 2.34. The summed E-state index contributed by atoms with van der Waals surface area (Å²) < 4.78 is 5.60. The highest BCUT2D eigenvalue weighted by Gasteiger charge is 2.31. The second-order valence-corrected chi connectivity index (χ2v) is 4.82. The van der Waals surface area contributed by atoms with E-state index < -0.39 is 0 Å². The monoisotopic (exact) mass is 217 g/mol. The van der Waals surface area contributed by atoms with E-state index in [9.17, 15) is 0 Å². The van der Waals surface area contributed by atoms with Crippen LogP contribution in [0.2, 0.25) is 0 Å². The van der Waals surface area contributed by atoms with Crippen molar-refractivity contribution in [1.82, 2.24) is 5.32 Å². The zero-order valence-electron chi connectivity index (χ0n) is 9.83. The van der Waals surface area contributed by atoms with E-state index in [0.717, 1.165) is 0 Å². The van der Waals surface area contributed by atoms with Crippen molar-refractivity contribution in [2.45, 2.75) is 37.8 Å². The van der Waals surface area contributed by atoms with Gasteiger partial charge >= 0.3 is 0 Å². The molecule has 0 radical (unpaired) electrons. The summed E-state index contributed by atoms with van der Waals surface area (Å²) in [5, 5.41) is 3.63. The summed E-state index contributed by atoms with van der Waals surface area (Å²) in [7, 11) is 1.81. The molecule has 0 saturated carbocycles. The Morgan fingerprint density at radius 3 is 3.19 bits per heavy atom. The fourth-order valence-electron chi connectivity index (χ4n) is 3.20. The first-order valence-corrected chi connectivity index (χ1v) is 6.27. The Morgan fingerprint density at radius 1 is 1.38 bits per heavy atom. The first kappa shape index (κ1) is 10.3. The number of methoxy groups -OCH3 is 1. The van der Waals surface area contributed by atoms with Gasteiger partial charge in [-0.25, -0.2) is 0 Å². The summed E-state index contributed by atoms with van der Waals surface area (Å²) in [5.74, 6) is 0. The van der Waals surface area contributed by atoms with Crippen molar-refractivity contribution in [1.29, 1.82) is 0 Å². The SMILES string of the molecule is COC1C=CC=C2CCC3NCCCC3=C21. The van der Waals surface area contributed by atoms with Crippen LogP contribution in [0.25, 0.3) is 0 Å². The number of nitrogens with one attached hydrogen (secondary N) is 1. The number of hydrogen-bond donors (Lipinski definition) is 1. The number of fused-ring (bicyclic) bond motifs is 2. The van der Waals surface area contributed by atoms with Crippen LogP contribution in [0.1, 0.15) is 25.7 Å². The van der Waals surface area contributed by atoms with E-state index in [0.29, 0.717) is 6.04 Å². The zero-order chi connectivity index (χ0) is 11.0. The van der Waals surface area contributed by atoms with E-state index in [2.05, 4.69) is 23.5 Å². The van der Waals surface area contributed by atoms with Gasteiger partial charge in [-0.05, 0) is 48.9 Å². The van der Waals surface area contributed by atoms with Gasteiger partial charge in [0.05, 0.1) is 0 Å². The minimum Gasteiger partial charge on any atom is -0.373 e. The average Bonchev–Trinajstić information content (AvgIpc) is 2.37. The lowest BCUT2D eigenvalue weighted by molar-refractivity contribution is 0.165. The van der Waals surface area contributed by atoms with Crippen LogP contribution in [-0.4, -0.2) is 25.8 Å². The lowest BCUT2D eigenvalue weighted by atomic mass is 9.76. The van der Waals surface area contributed by atoms with E-state index >= 15 is 0 Å². The molecule has 86 valence electrons. The van der Waals surface area contributed by atoms with Crippen molar-refractivity contribution < 1.29 is 4.74 Å². The Bertz CT molecular complexity index is 378. The van der Waals surface area contributed by atoms with Crippen molar-refractivity contribution in [3.63, 3.8) is 0 Å². The maximum atomic E-state index is 5.60. The third-order valence-corrected chi connectivity index (χ3v) is 3.95. The minimum absolute atomic E-state index is 0.192. The molecule has 0 aromatic rings. The van der Waals surface area contributed by atoms with Crippen molar-refractivity contribution in [2.75, 3.05) is 13.7 Å². The van der Waals surface area contributed by atoms with Gasteiger partial charge in [0.25, 0.3) is 0 Å². The fourth-order valence-corrected chi connectivity index (χ4v) is 3.20. The van der Waals surface area contributed by atoms with Crippen molar-refractivity contribution in [3.05, 3.63) is 34.9 Å². The molecule has 0 bridgehead atoms. The lowest BCUT2D eigenvalue weighted by Gasteiger charge is -2.37. The molecule has 2 aliphatic carbocycles. The molecule has 0 aromatic heterocycles. The van der Waals surface area contributed by atoms with Crippen LogP contribution >= 0.6 is 0 Å². The summed E-state index contributed by atoms with van der Waals surface area (Å²) in [6.45, 7) is 1.17. The largest absolute Gasteiger partial charge is 0.373 e. The Hall–Kier alpha value is -0.860. The molecule has 2 unspecified atom stereocenters. The first-order chi connectivity index (χ1) is 7.90. The average molecular weight is 217 g/mol. The summed E-state index contributed by atoms with van der Waals surface area (Å²) in [6, 6.07) is 0.616. The van der Waals surface area contributed by atoms with Gasteiger partial charge in [0.2, 0.25) is 0 Å². The van der Waals surface area contributed by atoms with Gasteiger partial charge < -0.3 is 10.1 Å². The summed E-state index contributed by atoms with van der Waals surface area (Å²) >= 11 is 0. The van der Waals surface area contributed by atoms with Gasteiger partial charge in [-0.1, -0.05) is 18.2 Å². The fraction of sp³-hybridized carbons (Fsp3) is 0.571. The smallest absolute Gasteiger partial charge is 0.101 e. The molecule has 3 rings (SSSR count). The molecule has 1 fully saturated rings. The molecule has 2 nitrogen and oxygen atoms in total. The van der Waals surface area contributed by atoms with Crippen LogP contribution in [0, 0.1) is 0 Å². The summed E-state index contributed by atoms with van der Waals surface area (Å²) in [6.07, 6.45) is 11.7. The molecule has 3 aliphatic rings. The molecule has 1 heterocycles. The van der Waals surface area contributed by atoms with Crippen LogP contribution in [0.5, 0.6) is 0 Å². The molecule has 1 aliphatic heterocycles. The van der Waals surface area contributed by atoms with Gasteiger partial charge in [0.15, 0.2) is 0 Å². The van der Waals surface area contributed by atoms with Crippen molar-refractivity contribution >= 4 is 0 Å². The molecule has 0 spiro atoms. The van der Waals surface area contributed by atoms with Gasteiger partial charge in [0.1, 0.15) is 6.10 Å². The quantitative estimate of drug-likeness (QED) is 0.728. The van der Waals surface area contributed by atoms with Crippen molar-refractivity contribution in [3.8, 4) is 0 Å². The first-order valence-electron chi connectivity index (χ1n) is 6.27. The van der Waals surface area contributed by atoms with Crippen LogP contribution < -0.4 is 5.32 Å². The summed E-state index contributed by atoms with van der Waals surface area (Å²) in [5.41, 5.74) is 4.60. The Balaban J connectivity index is 2.04. The topological polar surface area (TPSA) is 21.3 Å². The molecule has 1 N–H and O–H groups in total. The standard InChI is InChI=1S/C14H19NO/c1-16-13-6-2-4-10-7-8-12-11(14(10)13)5-3-9-15-12/h2,4,6,12-13,15H,3,5,7-9H2,1H3. The Labute approximate surface area is 97.1 Å². The van der Waals surface area contributed by atoms with Gasteiger partial charge in [-0.2, -0.15) is 0 Å². The number of hydrogen-bond acceptors (Lipinski definition) is 2. The summed E-state index contributed by atoms with van der Waals surface area (Å²) in [4.78, 5) is 0. The highest BCUT2D eigenvalue weighted by atomic mass is 16.5. The van der Waals surface area contributed by atoms with Gasteiger partial charge in [-0.15, -0.1) is 0 Å². The third kappa shape index (κ3) is 1.57. The Kier molecular flexibility index (Phi) is 2.70. The van der Waals surface area contributed by atoms with Crippen LogP contribution in [0.3, 0.4) is 0 Å². The molecule has 16 heavy (non-hydrogen) atoms. The Morgan fingerprint density at radius 2 is 2.31 bits per heavy atom. The lowest BCUT2D eigenvalue weighted by Crippen LogP contribution is -2.40. The predicted molar refractivity (Wildman–Crippen MR) is 65.3 cm³/mol. The minimum atomic E-state index is 0.192. The second-order valence-electron chi connectivity index (χ2n) is 4.82. The van der Waals surface area contributed by atoms with E-state index in [1.54, 1.807) is 5.57 Å². The third-order valence-electron chi connectivity index (χ3n) is 3.95. The van der Waals surface area contributed by atoms with Crippen LogP contribution in [-0.2, 0) is 4.74 Å². The molecular formula is C14H19NO. The molecule has 0 amide bonds. The van der Waals surface area contributed by atoms with Gasteiger partial charge in [-0.3, -0.25) is 0 Å². The number of ether oxygens (including phenoxy) is 1. The van der Waals surface area contributed by atoms with E-state index in [1.807, 2.05) is 7.11 Å². The molecular weight excluding hydrogens is 198 g/mol. The van der Waals surface area contributed by atoms with E-state index in [-0.39, 0.29) is 6.10 Å². The van der Waals surface area contributed by atoms with E-state index in [1.165, 1.54) is 43.4 Å².